The van der Waals surface area contributed by atoms with Crippen molar-refractivity contribution in [3.8, 4) is 21.8 Å². The lowest BCUT2D eigenvalue weighted by atomic mass is 10.1. The van der Waals surface area contributed by atoms with Crippen LogP contribution in [0.4, 0.5) is 0 Å². The molecule has 0 unspecified atom stereocenters. The number of halogens is 10. The van der Waals surface area contributed by atoms with E-state index >= 15 is 0 Å². The minimum Gasteiger partial charge on any atom is -0.391 e. The molecule has 0 amide bonds. The number of rotatable bonds is 3. The second-order valence-electron chi connectivity index (χ2n) is 5.34. The van der Waals surface area contributed by atoms with Gasteiger partial charge in [-0.2, -0.15) is 0 Å². The largest absolute Gasteiger partial charge is 0.391 e. The molecule has 3 aromatic rings. The Morgan fingerprint density at radius 3 is 1.28 bits per heavy atom. The van der Waals surface area contributed by atoms with Gasteiger partial charge >= 0.3 is 0 Å². The fourth-order valence-corrected chi connectivity index (χ4v) is 6.10. The Bertz CT molecular complexity index is 1100. The van der Waals surface area contributed by atoms with Gasteiger partial charge in [0.05, 0.1) is 73.0 Å². The molecular formula is C16H3Cl10NOS. The van der Waals surface area contributed by atoms with E-state index in [1.165, 1.54) is 0 Å². The maximum Gasteiger partial charge on any atom is 0.127 e. The van der Waals surface area contributed by atoms with Gasteiger partial charge in [0.1, 0.15) is 5.01 Å². The quantitative estimate of drug-likeness (QED) is 0.236. The summed E-state index contributed by atoms with van der Waals surface area (Å²) in [5.74, 6) is 0. The average molecular weight is 612 g/mol. The number of hydrogen-bond donors (Lipinski definition) is 1. The Balaban J connectivity index is 2.36. The number of hydrogen-bond acceptors (Lipinski definition) is 3. The maximum atomic E-state index is 9.86. The first kappa shape index (κ1) is 24.6. The Hall–Kier alpha value is 0.930. The number of aromatic nitrogens is 1. The Labute approximate surface area is 219 Å². The molecule has 0 atom stereocenters. The highest BCUT2D eigenvalue weighted by Crippen LogP contribution is 2.52. The van der Waals surface area contributed by atoms with Crippen molar-refractivity contribution in [1.29, 1.82) is 0 Å². The van der Waals surface area contributed by atoms with Crippen LogP contribution >= 0.6 is 127 Å². The summed E-state index contributed by atoms with van der Waals surface area (Å²) in [6, 6.07) is 0. The zero-order chi connectivity index (χ0) is 21.8. The van der Waals surface area contributed by atoms with Crippen molar-refractivity contribution in [1.82, 2.24) is 4.98 Å². The molecule has 0 spiro atoms. The van der Waals surface area contributed by atoms with Gasteiger partial charge in [-0.15, -0.1) is 11.3 Å². The van der Waals surface area contributed by atoms with Crippen molar-refractivity contribution >= 4 is 127 Å². The van der Waals surface area contributed by atoms with Gasteiger partial charge in [-0.05, 0) is 0 Å². The lowest BCUT2D eigenvalue weighted by Gasteiger charge is -2.12. The van der Waals surface area contributed by atoms with Gasteiger partial charge in [-0.25, -0.2) is 4.98 Å². The van der Waals surface area contributed by atoms with E-state index < -0.39 is 6.61 Å². The molecule has 0 aliphatic carbocycles. The number of aliphatic hydroxyl groups is 1. The van der Waals surface area contributed by atoms with Gasteiger partial charge in [-0.3, -0.25) is 0 Å². The van der Waals surface area contributed by atoms with E-state index in [9.17, 15) is 5.11 Å². The highest BCUT2D eigenvalue weighted by atomic mass is 35.5. The summed E-state index contributed by atoms with van der Waals surface area (Å²) in [6.45, 7) is -0.401. The van der Waals surface area contributed by atoms with Crippen LogP contribution in [0.15, 0.2) is 0 Å². The van der Waals surface area contributed by atoms with Crippen molar-refractivity contribution in [2.45, 2.75) is 6.61 Å². The summed E-state index contributed by atoms with van der Waals surface area (Å²) in [6.07, 6.45) is 0. The Kier molecular flexibility index (Phi) is 7.99. The second-order valence-corrected chi connectivity index (χ2v) is 10.2. The first-order chi connectivity index (χ1) is 13.5. The van der Waals surface area contributed by atoms with E-state index in [4.69, 9.17) is 116 Å². The monoisotopic (exact) mass is 607 g/mol. The van der Waals surface area contributed by atoms with Crippen molar-refractivity contribution in [2.75, 3.05) is 0 Å². The smallest absolute Gasteiger partial charge is 0.127 e. The van der Waals surface area contributed by atoms with Crippen LogP contribution in [0, 0.1) is 0 Å². The van der Waals surface area contributed by atoms with Crippen LogP contribution < -0.4 is 0 Å². The Morgan fingerprint density at radius 1 is 0.552 bits per heavy atom. The maximum absolute atomic E-state index is 9.86. The van der Waals surface area contributed by atoms with Crippen molar-refractivity contribution in [3.05, 3.63) is 55.1 Å². The molecule has 0 radical (unpaired) electrons. The lowest BCUT2D eigenvalue weighted by Crippen LogP contribution is -1.91. The first-order valence-electron chi connectivity index (χ1n) is 7.17. The molecule has 1 heterocycles. The lowest BCUT2D eigenvalue weighted by molar-refractivity contribution is 0.286. The molecule has 29 heavy (non-hydrogen) atoms. The number of aliphatic hydroxyl groups excluding tert-OH is 1. The second kappa shape index (κ2) is 9.43. The molecule has 13 heteroatoms. The first-order valence-corrected chi connectivity index (χ1v) is 11.8. The fourth-order valence-electron chi connectivity index (χ4n) is 2.37. The van der Waals surface area contributed by atoms with Crippen LogP contribution in [0.3, 0.4) is 0 Å². The van der Waals surface area contributed by atoms with Gasteiger partial charge in [0, 0.05) is 5.56 Å². The number of nitrogens with zero attached hydrogens (tertiary/aromatic N) is 1. The molecule has 0 bridgehead atoms. The van der Waals surface area contributed by atoms with Crippen molar-refractivity contribution in [3.63, 3.8) is 0 Å². The van der Waals surface area contributed by atoms with Crippen LogP contribution in [0.5, 0.6) is 0 Å². The normalized spacial score (nSPS) is 11.4. The average Bonchev–Trinajstić information content (AvgIpc) is 3.11. The molecule has 1 N–H and O–H groups in total. The molecule has 2 nitrogen and oxygen atoms in total. The van der Waals surface area contributed by atoms with Crippen LogP contribution in [0.1, 0.15) is 4.88 Å². The summed E-state index contributed by atoms with van der Waals surface area (Å²) in [4.78, 5) is 4.87. The topological polar surface area (TPSA) is 33.1 Å². The third-order valence-electron chi connectivity index (χ3n) is 3.71. The van der Waals surface area contributed by atoms with Gasteiger partial charge < -0.3 is 5.11 Å². The van der Waals surface area contributed by atoms with Crippen LogP contribution in [-0.2, 0) is 6.61 Å². The van der Waals surface area contributed by atoms with E-state index in [-0.39, 0.29) is 72.1 Å². The van der Waals surface area contributed by atoms with Crippen molar-refractivity contribution in [2.24, 2.45) is 0 Å². The van der Waals surface area contributed by atoms with Gasteiger partial charge in [0.2, 0.25) is 0 Å². The molecule has 3 rings (SSSR count). The zero-order valence-corrected chi connectivity index (χ0v) is 21.7. The third-order valence-corrected chi connectivity index (χ3v) is 9.32. The zero-order valence-electron chi connectivity index (χ0n) is 13.3. The van der Waals surface area contributed by atoms with Gasteiger partial charge in [0.15, 0.2) is 0 Å². The van der Waals surface area contributed by atoms with E-state index in [1.807, 2.05) is 0 Å². The van der Waals surface area contributed by atoms with Gasteiger partial charge in [0.25, 0.3) is 0 Å². The molecule has 0 saturated carbocycles. The third kappa shape index (κ3) is 4.17. The molecular weight excluding hydrogens is 609 g/mol. The van der Waals surface area contributed by atoms with Crippen LogP contribution in [-0.4, -0.2) is 10.1 Å². The highest BCUT2D eigenvalue weighted by Gasteiger charge is 2.28. The standard InChI is InChI=1S/C16H3Cl10NOS/c17-5-3(6(18)10(22)13(25)9(5)21)15-2(1-28)29-16(27-15)4-7(19)11(23)14(26)12(24)8(4)20/h28H,1H2. The molecule has 2 aromatic carbocycles. The predicted molar refractivity (Wildman–Crippen MR) is 129 cm³/mol. The fraction of sp³-hybridized carbons (Fsp3) is 0.0625. The van der Waals surface area contributed by atoms with Crippen molar-refractivity contribution < 1.29 is 5.11 Å². The molecule has 0 saturated heterocycles. The summed E-state index contributed by atoms with van der Waals surface area (Å²) in [7, 11) is 0. The Morgan fingerprint density at radius 2 is 0.897 bits per heavy atom. The number of thiazole rings is 1. The van der Waals surface area contributed by atoms with Crippen LogP contribution in [0.2, 0.25) is 50.2 Å². The summed E-state index contributed by atoms with van der Waals surface area (Å²) < 4.78 is 0. The summed E-state index contributed by atoms with van der Waals surface area (Å²) in [5.41, 5.74) is 0.645. The number of benzene rings is 2. The van der Waals surface area contributed by atoms with E-state index in [1.54, 1.807) is 0 Å². The minimum absolute atomic E-state index is 0.00422. The minimum atomic E-state index is -0.401. The highest BCUT2D eigenvalue weighted by molar-refractivity contribution is 7.15. The SMILES string of the molecule is OCc1sc(-c2c(Cl)c(Cl)c(Cl)c(Cl)c2Cl)nc1-c1c(Cl)c(Cl)c(Cl)c(Cl)c1Cl. The molecule has 1 aromatic heterocycles. The predicted octanol–water partition coefficient (Wildman–Crippen LogP) is 10.5. The molecule has 0 aliphatic heterocycles. The van der Waals surface area contributed by atoms with E-state index in [0.717, 1.165) is 11.3 Å². The summed E-state index contributed by atoms with van der Waals surface area (Å²) >= 11 is 63.1. The molecule has 0 fully saturated rings. The molecule has 0 aliphatic rings. The van der Waals surface area contributed by atoms with Crippen LogP contribution in [0.25, 0.3) is 21.8 Å². The summed E-state index contributed by atoms with van der Waals surface area (Å²) in [5, 5.41) is 10.3. The van der Waals surface area contributed by atoms with E-state index in [0.29, 0.717) is 4.88 Å². The molecule has 154 valence electrons. The van der Waals surface area contributed by atoms with Gasteiger partial charge in [-0.1, -0.05) is 116 Å². The van der Waals surface area contributed by atoms with E-state index in [2.05, 4.69) is 4.98 Å².